The summed E-state index contributed by atoms with van der Waals surface area (Å²) in [6, 6.07) is 5.58. The second-order valence-electron chi connectivity index (χ2n) is 5.20. The first-order valence-corrected chi connectivity index (χ1v) is 6.52. The first kappa shape index (κ1) is 12.5. The number of hydrogen-bond acceptors (Lipinski definition) is 0. The molecule has 0 unspecified atom stereocenters. The molecule has 0 bridgehead atoms. The molecule has 0 spiro atoms. The topological polar surface area (TPSA) is 0 Å². The van der Waals surface area contributed by atoms with Gasteiger partial charge in [-0.1, -0.05) is 12.1 Å². The van der Waals surface area contributed by atoms with E-state index in [4.69, 9.17) is 0 Å². The zero-order chi connectivity index (χ0) is 12.3. The summed E-state index contributed by atoms with van der Waals surface area (Å²) in [4.78, 5) is 0. The van der Waals surface area contributed by atoms with Gasteiger partial charge in [0.2, 0.25) is 0 Å². The van der Waals surface area contributed by atoms with E-state index in [0.29, 0.717) is 23.8 Å². The van der Waals surface area contributed by atoms with E-state index in [1.165, 1.54) is 0 Å². The molecule has 0 saturated heterocycles. The molecule has 0 aromatic heterocycles. The lowest BCUT2D eigenvalue weighted by Crippen LogP contribution is -2.14. The molecule has 0 amide bonds. The molecule has 0 nitrogen and oxygen atoms in total. The van der Waals surface area contributed by atoms with Gasteiger partial charge in [0.1, 0.15) is 5.82 Å². The third-order valence-corrected chi connectivity index (χ3v) is 4.03. The molecule has 0 N–H and O–H groups in total. The van der Waals surface area contributed by atoms with E-state index in [1.54, 1.807) is 13.0 Å². The van der Waals surface area contributed by atoms with Crippen LogP contribution in [0.3, 0.4) is 0 Å². The van der Waals surface area contributed by atoms with E-state index in [0.717, 1.165) is 31.2 Å². The van der Waals surface area contributed by atoms with Gasteiger partial charge in [-0.2, -0.15) is 0 Å². The van der Waals surface area contributed by atoms with Gasteiger partial charge in [0.15, 0.2) is 0 Å². The number of benzene rings is 1. The van der Waals surface area contributed by atoms with E-state index < -0.39 is 0 Å². The Balaban J connectivity index is 1.98. The van der Waals surface area contributed by atoms with Crippen LogP contribution >= 0.6 is 0 Å². The molecule has 1 aliphatic rings. The average Bonchev–Trinajstić information content (AvgIpc) is 2.34. The van der Waals surface area contributed by atoms with Gasteiger partial charge in [-0.3, -0.25) is 4.39 Å². The van der Waals surface area contributed by atoms with Gasteiger partial charge in [-0.25, -0.2) is 4.39 Å². The fourth-order valence-corrected chi connectivity index (χ4v) is 2.80. The first-order chi connectivity index (χ1) is 8.20. The quantitative estimate of drug-likeness (QED) is 0.711. The summed E-state index contributed by atoms with van der Waals surface area (Å²) < 4.78 is 25.7. The molecule has 0 aliphatic heterocycles. The van der Waals surface area contributed by atoms with Gasteiger partial charge < -0.3 is 0 Å². The van der Waals surface area contributed by atoms with Crippen LogP contribution in [0.15, 0.2) is 18.2 Å². The predicted octanol–water partition coefficient (Wildman–Crippen LogP) is 4.77. The molecule has 1 aliphatic carbocycles. The van der Waals surface area contributed by atoms with Crippen LogP contribution in [-0.2, 0) is 0 Å². The van der Waals surface area contributed by atoms with Crippen molar-refractivity contribution in [1.29, 1.82) is 0 Å². The Morgan fingerprint density at radius 1 is 1.18 bits per heavy atom. The summed E-state index contributed by atoms with van der Waals surface area (Å²) in [5.41, 5.74) is 1.83. The molecular formula is C15H20F2. The number of hydrogen-bond donors (Lipinski definition) is 0. The largest absolute Gasteiger partial charge is 0.251 e. The fraction of sp³-hybridized carbons (Fsp3) is 0.600. The lowest BCUT2D eigenvalue weighted by molar-refractivity contribution is 0.283. The summed E-state index contributed by atoms with van der Waals surface area (Å²) >= 11 is 0. The van der Waals surface area contributed by atoms with Crippen molar-refractivity contribution >= 4 is 0 Å². The molecule has 0 radical (unpaired) electrons. The summed E-state index contributed by atoms with van der Waals surface area (Å²) in [7, 11) is 0. The Morgan fingerprint density at radius 2 is 1.88 bits per heavy atom. The molecule has 1 aromatic rings. The van der Waals surface area contributed by atoms with E-state index in [2.05, 4.69) is 0 Å². The smallest absolute Gasteiger partial charge is 0.126 e. The van der Waals surface area contributed by atoms with Gasteiger partial charge in [0.05, 0.1) is 6.67 Å². The van der Waals surface area contributed by atoms with Crippen LogP contribution in [0.2, 0.25) is 0 Å². The normalized spacial score (nSPS) is 24.9. The second kappa shape index (κ2) is 5.61. The van der Waals surface area contributed by atoms with Crippen molar-refractivity contribution in [3.63, 3.8) is 0 Å². The molecule has 2 rings (SSSR count). The SMILES string of the molecule is Cc1ccc(C2CCC(CCF)CC2)cc1F. The van der Waals surface area contributed by atoms with Gasteiger partial charge >= 0.3 is 0 Å². The maximum atomic E-state index is 13.5. The summed E-state index contributed by atoms with van der Waals surface area (Å²) in [6.45, 7) is 1.59. The van der Waals surface area contributed by atoms with Crippen molar-refractivity contribution in [1.82, 2.24) is 0 Å². The van der Waals surface area contributed by atoms with Crippen LogP contribution in [-0.4, -0.2) is 6.67 Å². The lowest BCUT2D eigenvalue weighted by Gasteiger charge is -2.28. The second-order valence-corrected chi connectivity index (χ2v) is 5.20. The first-order valence-electron chi connectivity index (χ1n) is 6.52. The lowest BCUT2D eigenvalue weighted by atomic mass is 9.77. The Bertz CT molecular complexity index is 365. The molecule has 94 valence electrons. The van der Waals surface area contributed by atoms with E-state index in [-0.39, 0.29) is 12.5 Å². The maximum Gasteiger partial charge on any atom is 0.126 e. The average molecular weight is 238 g/mol. The summed E-state index contributed by atoms with van der Waals surface area (Å²) in [5, 5.41) is 0. The Morgan fingerprint density at radius 3 is 2.47 bits per heavy atom. The highest BCUT2D eigenvalue weighted by Gasteiger charge is 2.22. The highest BCUT2D eigenvalue weighted by Crippen LogP contribution is 2.37. The molecule has 1 saturated carbocycles. The van der Waals surface area contributed by atoms with Crippen molar-refractivity contribution in [2.45, 2.75) is 44.9 Å². The molecule has 2 heteroatoms. The number of aryl methyl sites for hydroxylation is 1. The Labute approximate surface area is 102 Å². The van der Waals surface area contributed by atoms with Crippen molar-refractivity contribution in [2.24, 2.45) is 5.92 Å². The molecular weight excluding hydrogens is 218 g/mol. The molecule has 0 atom stereocenters. The van der Waals surface area contributed by atoms with Crippen molar-refractivity contribution in [3.8, 4) is 0 Å². The highest BCUT2D eigenvalue weighted by atomic mass is 19.1. The minimum atomic E-state index is -0.200. The third kappa shape index (κ3) is 3.05. The fourth-order valence-electron chi connectivity index (χ4n) is 2.80. The van der Waals surface area contributed by atoms with Crippen molar-refractivity contribution in [2.75, 3.05) is 6.67 Å². The molecule has 1 aromatic carbocycles. The van der Waals surface area contributed by atoms with E-state index in [9.17, 15) is 8.78 Å². The maximum absolute atomic E-state index is 13.5. The van der Waals surface area contributed by atoms with E-state index in [1.807, 2.05) is 12.1 Å². The minimum absolute atomic E-state index is 0.103. The van der Waals surface area contributed by atoms with Crippen LogP contribution in [0.5, 0.6) is 0 Å². The van der Waals surface area contributed by atoms with Crippen molar-refractivity contribution in [3.05, 3.63) is 35.1 Å². The summed E-state index contributed by atoms with van der Waals surface area (Å²) in [6.07, 6.45) is 5.03. The van der Waals surface area contributed by atoms with Gasteiger partial charge in [-0.15, -0.1) is 0 Å². The standard InChI is InChI=1S/C15H20F2/c1-11-2-5-14(10-15(11)17)13-6-3-12(4-7-13)8-9-16/h2,5,10,12-13H,3-4,6-9H2,1H3. The van der Waals surface area contributed by atoms with Crippen LogP contribution in [0, 0.1) is 18.7 Å². The monoisotopic (exact) mass is 238 g/mol. The summed E-state index contributed by atoms with van der Waals surface area (Å²) in [5.74, 6) is 0.917. The third-order valence-electron chi connectivity index (χ3n) is 4.03. The van der Waals surface area contributed by atoms with E-state index >= 15 is 0 Å². The van der Waals surface area contributed by atoms with Gasteiger partial charge in [-0.05, 0) is 68.1 Å². The Kier molecular flexibility index (Phi) is 4.14. The van der Waals surface area contributed by atoms with Gasteiger partial charge in [0.25, 0.3) is 0 Å². The zero-order valence-electron chi connectivity index (χ0n) is 10.4. The van der Waals surface area contributed by atoms with Crippen LogP contribution < -0.4 is 0 Å². The number of alkyl halides is 1. The van der Waals surface area contributed by atoms with Gasteiger partial charge in [0, 0.05) is 0 Å². The zero-order valence-corrected chi connectivity index (χ0v) is 10.4. The molecule has 1 fully saturated rings. The van der Waals surface area contributed by atoms with Crippen molar-refractivity contribution < 1.29 is 8.78 Å². The number of halogens is 2. The molecule has 17 heavy (non-hydrogen) atoms. The van der Waals surface area contributed by atoms with Crippen LogP contribution in [0.1, 0.15) is 49.1 Å². The minimum Gasteiger partial charge on any atom is -0.251 e. The highest BCUT2D eigenvalue weighted by molar-refractivity contribution is 5.26. The Hall–Kier alpha value is -0.920. The predicted molar refractivity (Wildman–Crippen MR) is 66.4 cm³/mol. The van der Waals surface area contributed by atoms with Crippen LogP contribution in [0.25, 0.3) is 0 Å². The molecule has 0 heterocycles. The number of rotatable bonds is 3. The van der Waals surface area contributed by atoms with Crippen LogP contribution in [0.4, 0.5) is 8.78 Å².